The van der Waals surface area contributed by atoms with Crippen LogP contribution in [0.2, 0.25) is 0 Å². The minimum atomic E-state index is -4.64. The van der Waals surface area contributed by atoms with Gasteiger partial charge < -0.3 is 10.2 Å². The number of fused-ring (bicyclic) bond motifs is 2. The average molecular weight is 1050 g/mol. The van der Waals surface area contributed by atoms with Crippen molar-refractivity contribution < 1.29 is 69.7 Å². The molecule has 2 aromatic heterocycles. The largest absolute Gasteiger partial charge is 0.345 e. The maximum Gasteiger partial charge on any atom is 0.294 e. The Kier molecular flexibility index (Phi) is 14.7. The third-order valence-corrected chi connectivity index (χ3v) is 15.6. The first-order valence-electron chi connectivity index (χ1n) is 20.5. The second-order valence-corrected chi connectivity index (χ2v) is 24.6. The molecule has 0 unspecified atom stereocenters. The van der Waals surface area contributed by atoms with Crippen LogP contribution in [0, 0.1) is 0 Å². The summed E-state index contributed by atoms with van der Waals surface area (Å²) in [6.45, 7) is 6.99. The zero-order valence-corrected chi connectivity index (χ0v) is 41.3. The van der Waals surface area contributed by atoms with Crippen LogP contribution < -0.4 is 15.4 Å². The first kappa shape index (κ1) is 52.7. The van der Waals surface area contributed by atoms with Gasteiger partial charge in [0.1, 0.15) is 17.3 Å². The summed E-state index contributed by atoms with van der Waals surface area (Å²) in [4.78, 5) is 26.3. The normalized spacial score (nSPS) is 16.9. The third kappa shape index (κ3) is 12.4. The van der Waals surface area contributed by atoms with Gasteiger partial charge in [-0.3, -0.25) is 28.0 Å². The van der Waals surface area contributed by atoms with Crippen molar-refractivity contribution in [2.45, 2.75) is 72.6 Å². The number of benzene rings is 2. The first-order chi connectivity index (χ1) is 31.8. The summed E-state index contributed by atoms with van der Waals surface area (Å²) in [5.41, 5.74) is 1.69. The SMILES string of the molecule is CC1(C)C(=CC=C(C=CC2=[N+](CCCS(=O)(=O)O)c3ccc(S(=O)(=O)O)cc3C2(C)C)c2ccc(C(=O)NCc3ncc(S(N)(=O)=O)cn3)cn2)N(CCCS(=O)(=O)O)c2ccc(S(=O)(=O)O)cc21. The quantitative estimate of drug-likeness (QED) is 0.0473. The fourth-order valence-electron chi connectivity index (χ4n) is 8.03. The highest BCUT2D eigenvalue weighted by molar-refractivity contribution is 7.89. The molecule has 0 spiro atoms. The second-order valence-electron chi connectivity index (χ2n) is 17.0. The van der Waals surface area contributed by atoms with Crippen LogP contribution in [0.5, 0.6) is 0 Å². The molecular formula is C42H48N7O15S5+. The van der Waals surface area contributed by atoms with E-state index in [0.717, 1.165) is 12.4 Å². The van der Waals surface area contributed by atoms with Gasteiger partial charge in [0, 0.05) is 59.2 Å². The number of hydrogen-bond donors (Lipinski definition) is 6. The Balaban J connectivity index is 1.47. The Morgan fingerprint density at radius 1 is 0.739 bits per heavy atom. The molecule has 0 fully saturated rings. The highest BCUT2D eigenvalue weighted by Crippen LogP contribution is 2.49. The third-order valence-electron chi connectivity index (χ3n) is 11.5. The van der Waals surface area contributed by atoms with Crippen molar-refractivity contribution >= 4 is 79.1 Å². The molecule has 69 heavy (non-hydrogen) atoms. The van der Waals surface area contributed by atoms with Crippen molar-refractivity contribution in [3.8, 4) is 0 Å². The Labute approximate surface area is 399 Å². The van der Waals surface area contributed by atoms with E-state index in [0.29, 0.717) is 39.5 Å². The molecule has 7 N–H and O–H groups in total. The number of sulfonamides is 1. The fraction of sp³-hybridized carbons (Fsp3) is 0.310. The molecule has 0 bridgehead atoms. The maximum absolute atomic E-state index is 13.2. The molecule has 22 nitrogen and oxygen atoms in total. The molecule has 0 saturated heterocycles. The van der Waals surface area contributed by atoms with Crippen LogP contribution in [0.1, 0.15) is 73.5 Å². The van der Waals surface area contributed by atoms with Gasteiger partial charge in [0.2, 0.25) is 15.7 Å². The Bertz CT molecular complexity index is 3430. The van der Waals surface area contributed by atoms with E-state index in [1.54, 1.807) is 61.5 Å². The molecule has 6 rings (SSSR count). The summed E-state index contributed by atoms with van der Waals surface area (Å²) in [5, 5.41) is 7.72. The number of pyridine rings is 1. The van der Waals surface area contributed by atoms with Crippen LogP contribution in [0.3, 0.4) is 0 Å². The molecule has 4 aromatic rings. The van der Waals surface area contributed by atoms with Gasteiger partial charge in [0.25, 0.3) is 46.4 Å². The molecule has 2 aromatic carbocycles. The Hall–Kier alpha value is -5.62. The summed E-state index contributed by atoms with van der Waals surface area (Å²) in [5.74, 6) is -1.70. The van der Waals surface area contributed by atoms with Crippen molar-refractivity contribution in [1.82, 2.24) is 20.3 Å². The lowest BCUT2D eigenvalue weighted by molar-refractivity contribution is -0.437. The smallest absolute Gasteiger partial charge is 0.294 e. The van der Waals surface area contributed by atoms with E-state index in [1.807, 2.05) is 0 Å². The van der Waals surface area contributed by atoms with Gasteiger partial charge in [-0.05, 0) is 80.4 Å². The van der Waals surface area contributed by atoms with E-state index >= 15 is 0 Å². The number of rotatable bonds is 18. The van der Waals surface area contributed by atoms with Gasteiger partial charge in [-0.25, -0.2) is 23.5 Å². The number of amides is 1. The Morgan fingerprint density at radius 2 is 1.33 bits per heavy atom. The van der Waals surface area contributed by atoms with Gasteiger partial charge in [0.05, 0.1) is 56.9 Å². The lowest BCUT2D eigenvalue weighted by Gasteiger charge is -2.27. The number of carbonyl (C=O) groups is 1. The lowest BCUT2D eigenvalue weighted by atomic mass is 9.81. The fourth-order valence-corrected chi connectivity index (χ4v) is 10.4. The highest BCUT2D eigenvalue weighted by atomic mass is 32.2. The van der Waals surface area contributed by atoms with Crippen molar-refractivity contribution in [3.05, 3.63) is 125 Å². The summed E-state index contributed by atoms with van der Waals surface area (Å²) < 4.78 is 160. The van der Waals surface area contributed by atoms with Crippen LogP contribution >= 0.6 is 0 Å². The van der Waals surface area contributed by atoms with Crippen LogP contribution in [0.25, 0.3) is 5.57 Å². The number of nitrogens with one attached hydrogen (secondary N) is 1. The van der Waals surface area contributed by atoms with Crippen molar-refractivity contribution in [2.24, 2.45) is 5.14 Å². The lowest BCUT2D eigenvalue weighted by Crippen LogP contribution is -2.28. The number of anilines is 1. The van der Waals surface area contributed by atoms with E-state index in [1.165, 1.54) is 54.7 Å². The highest BCUT2D eigenvalue weighted by Gasteiger charge is 2.45. The zero-order valence-electron chi connectivity index (χ0n) is 37.2. The van der Waals surface area contributed by atoms with Crippen molar-refractivity contribution in [3.63, 3.8) is 0 Å². The van der Waals surface area contributed by atoms with E-state index in [-0.39, 0.29) is 64.2 Å². The number of nitrogens with zero attached hydrogens (tertiary/aromatic N) is 5. The van der Waals surface area contributed by atoms with E-state index in [4.69, 9.17) is 5.14 Å². The molecule has 4 heterocycles. The Morgan fingerprint density at radius 3 is 1.90 bits per heavy atom. The predicted octanol–water partition coefficient (Wildman–Crippen LogP) is 3.20. The molecule has 0 aliphatic carbocycles. The number of carbonyl (C=O) groups excluding carboxylic acids is 1. The summed E-state index contributed by atoms with van der Waals surface area (Å²) >= 11 is 0. The monoisotopic (exact) mass is 1050 g/mol. The zero-order chi connectivity index (χ0) is 51.1. The van der Waals surface area contributed by atoms with Crippen LogP contribution in [-0.2, 0) is 67.9 Å². The van der Waals surface area contributed by atoms with Crippen molar-refractivity contribution in [2.75, 3.05) is 29.5 Å². The molecule has 2 aliphatic rings. The van der Waals surface area contributed by atoms with Gasteiger partial charge in [-0.1, -0.05) is 19.9 Å². The average Bonchev–Trinajstić information content (AvgIpc) is 3.58. The summed E-state index contributed by atoms with van der Waals surface area (Å²) in [7, 11) is -22.1. The van der Waals surface area contributed by atoms with Crippen LogP contribution in [-0.4, -0.2) is 116 Å². The molecule has 0 radical (unpaired) electrons. The topological polar surface area (TPSA) is 352 Å². The molecule has 2 aliphatic heterocycles. The molecular weight excluding hydrogens is 1000 g/mol. The van der Waals surface area contributed by atoms with E-state index in [2.05, 4.69) is 20.3 Å². The molecule has 1 amide bonds. The number of aromatic nitrogens is 3. The van der Waals surface area contributed by atoms with Crippen LogP contribution in [0.4, 0.5) is 11.4 Å². The van der Waals surface area contributed by atoms with Crippen molar-refractivity contribution in [1.29, 1.82) is 0 Å². The van der Waals surface area contributed by atoms with Gasteiger partial charge >= 0.3 is 0 Å². The van der Waals surface area contributed by atoms with Gasteiger partial charge in [-0.2, -0.15) is 38.2 Å². The van der Waals surface area contributed by atoms with Gasteiger partial charge in [-0.15, -0.1) is 0 Å². The molecule has 370 valence electrons. The molecule has 27 heteroatoms. The predicted molar refractivity (Wildman–Crippen MR) is 252 cm³/mol. The maximum atomic E-state index is 13.2. The number of primary sulfonamides is 1. The standard InChI is InChI=1S/C42H47N7O15S5/c1-41(2)32-21-29(68(59,60)61)10-13-35(32)48(17-5-19-65(51,52)53)37(41)15-8-27(34-12-7-28(23-44-34)40(50)47-26-39-45-24-31(25-46-39)67(43,57)58)9-16-38-42(3,4)33-22-30(69(62,63)64)11-14-36(33)49(38)18-6-20-66(54,55)56/h7-16,21-25H,5-6,17-20,26H2,1-4H3,(H6-,43,47,50,51,52,53,54,55,56,57,58,59,60,61,62,63,64)/p+1. The van der Waals surface area contributed by atoms with Crippen LogP contribution in [0.15, 0.2) is 112 Å². The number of allylic oxidation sites excluding steroid dienone is 6. The second kappa shape index (κ2) is 19.3. The minimum Gasteiger partial charge on any atom is -0.345 e. The summed E-state index contributed by atoms with van der Waals surface area (Å²) in [6, 6.07) is 10.9. The first-order valence-corrected chi connectivity index (χ1v) is 28.2. The van der Waals surface area contributed by atoms with Gasteiger partial charge in [0.15, 0.2) is 5.71 Å². The minimum absolute atomic E-state index is 0.0318. The summed E-state index contributed by atoms with van der Waals surface area (Å²) in [6.07, 6.45) is 9.84. The van der Waals surface area contributed by atoms with E-state index in [9.17, 15) is 65.1 Å². The molecule has 0 saturated carbocycles. The molecule has 0 atom stereocenters. The van der Waals surface area contributed by atoms with E-state index < -0.39 is 78.7 Å². The number of nitrogens with two attached hydrogens (primary N) is 1. The number of hydrogen-bond acceptors (Lipinski definition) is 15.